The van der Waals surface area contributed by atoms with Gasteiger partial charge in [0, 0.05) is 0 Å². The predicted octanol–water partition coefficient (Wildman–Crippen LogP) is 0.879. The van der Waals surface area contributed by atoms with Gasteiger partial charge in [0.25, 0.3) is 0 Å². The third-order valence-electron chi connectivity index (χ3n) is 1.65. The largest absolute Gasteiger partial charge is 0.426 e. The molecule has 2 nitrogen and oxygen atoms in total. The fraction of sp³-hybridized carbons (Fsp3) is 1.00. The summed E-state index contributed by atoms with van der Waals surface area (Å²) >= 11 is 0. The first kappa shape index (κ1) is 11.1. The maximum absolute atomic E-state index is 5.48. The third kappa shape index (κ3) is 8.04. The van der Waals surface area contributed by atoms with Crippen LogP contribution >= 0.6 is 0 Å². The zero-order valence-corrected chi connectivity index (χ0v) is 9.93. The van der Waals surface area contributed by atoms with Crippen LogP contribution < -0.4 is 0 Å². The van der Waals surface area contributed by atoms with Crippen LogP contribution in [-0.2, 0) is 9.16 Å². The summed E-state index contributed by atoms with van der Waals surface area (Å²) < 4.78 is 10.5. The van der Waals surface area contributed by atoms with E-state index < -0.39 is 0 Å². The maximum atomic E-state index is 5.48. The fourth-order valence-corrected chi connectivity index (χ4v) is 1.07. The van der Waals surface area contributed by atoms with Gasteiger partial charge in [-0.2, -0.15) is 0 Å². The Morgan fingerprint density at radius 3 is 2.64 bits per heavy atom. The Hall–Kier alpha value is 0.137. The molecule has 0 aromatic carbocycles. The van der Waals surface area contributed by atoms with Crippen molar-refractivity contribution in [3.05, 3.63) is 0 Å². The van der Waals surface area contributed by atoms with Crippen molar-refractivity contribution in [1.82, 2.24) is 0 Å². The van der Waals surface area contributed by atoms with Crippen molar-refractivity contribution in [2.45, 2.75) is 39.2 Å². The highest BCUT2D eigenvalue weighted by Crippen LogP contribution is 2.02. The van der Waals surface area contributed by atoms with Crippen LogP contribution in [0, 0.1) is 0 Å². The van der Waals surface area contributed by atoms with Gasteiger partial charge in [0.05, 0.1) is 19.3 Å². The van der Waals surface area contributed by atoms with Crippen molar-refractivity contribution in [2.24, 2.45) is 0 Å². The van der Waals surface area contributed by atoms with Crippen molar-refractivity contribution in [1.29, 1.82) is 0 Å². The molecule has 0 aliphatic carbocycles. The molecule has 0 aromatic heterocycles. The minimum absolute atomic E-state index is 0.409. The summed E-state index contributed by atoms with van der Waals surface area (Å²) in [6.45, 7) is 5.85. The number of hydrogen-bond acceptors (Lipinski definition) is 2. The molecule has 1 atom stereocenters. The van der Waals surface area contributed by atoms with E-state index in [1.165, 1.54) is 19.3 Å². The number of hydrogen-bond donors (Lipinski definition) is 0. The number of unbranched alkanes of at least 4 members (excludes halogenated alkanes) is 1. The van der Waals surface area contributed by atoms with Crippen LogP contribution in [-0.4, -0.2) is 29.8 Å². The summed E-state index contributed by atoms with van der Waals surface area (Å²) in [7, 11) is 0.822. The van der Waals surface area contributed by atoms with Crippen LogP contribution in [0.1, 0.15) is 33.1 Å². The van der Waals surface area contributed by atoms with E-state index in [9.17, 15) is 0 Å². The molecule has 0 aromatic rings. The molecule has 0 rings (SSSR count). The Bertz CT molecular complexity index is 78.5. The average Bonchev–Trinajstić information content (AvgIpc) is 2.01. The molecule has 11 heavy (non-hydrogen) atoms. The molecule has 0 radical (unpaired) electrons. The molecule has 0 aliphatic heterocycles. The van der Waals surface area contributed by atoms with E-state index in [4.69, 9.17) is 9.16 Å². The maximum Gasteiger partial charge on any atom is 0.146 e. The van der Waals surface area contributed by atoms with Crippen LogP contribution in [0.25, 0.3) is 0 Å². The highest BCUT2D eigenvalue weighted by Gasteiger charge is 1.99. The quantitative estimate of drug-likeness (QED) is 0.423. The second-order valence-electron chi connectivity index (χ2n) is 2.82. The van der Waals surface area contributed by atoms with Gasteiger partial charge in [-0.15, -0.1) is 0 Å². The lowest BCUT2D eigenvalue weighted by atomic mass is 10.2. The average molecular weight is 176 g/mol. The smallest absolute Gasteiger partial charge is 0.146 e. The first-order valence-corrected chi connectivity index (χ1v) is 5.23. The van der Waals surface area contributed by atoms with E-state index in [0.29, 0.717) is 6.10 Å². The summed E-state index contributed by atoms with van der Waals surface area (Å²) in [6.07, 6.45) is 4.11. The molecule has 0 saturated heterocycles. The minimum atomic E-state index is 0.409. The summed E-state index contributed by atoms with van der Waals surface area (Å²) in [5.41, 5.74) is 0. The monoisotopic (exact) mass is 176 g/mol. The summed E-state index contributed by atoms with van der Waals surface area (Å²) in [6, 6.07) is 0. The fourth-order valence-electron chi connectivity index (χ4n) is 0.908. The topological polar surface area (TPSA) is 18.5 Å². The van der Waals surface area contributed by atoms with Gasteiger partial charge in [-0.1, -0.05) is 19.8 Å². The predicted molar refractivity (Wildman–Crippen MR) is 50.8 cm³/mol. The Balaban J connectivity index is 3.02. The normalized spacial score (nSPS) is 13.6. The van der Waals surface area contributed by atoms with E-state index in [1.54, 1.807) is 0 Å². The molecular formula is C8H20O2Si. The van der Waals surface area contributed by atoms with Crippen LogP contribution in [0.2, 0.25) is 0 Å². The number of ether oxygens (including phenoxy) is 1. The van der Waals surface area contributed by atoms with E-state index in [0.717, 1.165) is 23.7 Å². The second kappa shape index (κ2) is 8.24. The molecule has 0 N–H and O–H groups in total. The van der Waals surface area contributed by atoms with Crippen molar-refractivity contribution >= 4 is 10.5 Å². The summed E-state index contributed by atoms with van der Waals surface area (Å²) in [5.74, 6) is 0. The molecule has 0 saturated carbocycles. The third-order valence-corrected chi connectivity index (χ3v) is 2.06. The molecular weight excluding hydrogens is 156 g/mol. The van der Waals surface area contributed by atoms with Gasteiger partial charge in [0.2, 0.25) is 0 Å². The molecule has 0 heterocycles. The molecule has 0 aliphatic rings. The Morgan fingerprint density at radius 2 is 2.09 bits per heavy atom. The van der Waals surface area contributed by atoms with Gasteiger partial charge < -0.3 is 9.16 Å². The van der Waals surface area contributed by atoms with E-state index in [-0.39, 0.29) is 0 Å². The SMILES string of the molecule is CCCCC(C)OCCO[SiH3]. The first-order valence-electron chi connectivity index (χ1n) is 4.41. The van der Waals surface area contributed by atoms with Crippen LogP contribution in [0.4, 0.5) is 0 Å². The van der Waals surface area contributed by atoms with E-state index in [1.807, 2.05) is 0 Å². The first-order chi connectivity index (χ1) is 5.31. The van der Waals surface area contributed by atoms with Crippen molar-refractivity contribution in [3.63, 3.8) is 0 Å². The number of rotatable bonds is 7. The van der Waals surface area contributed by atoms with Gasteiger partial charge in [-0.05, 0) is 13.3 Å². The molecule has 68 valence electrons. The molecule has 3 heteroatoms. The summed E-state index contributed by atoms with van der Waals surface area (Å²) in [4.78, 5) is 0. The van der Waals surface area contributed by atoms with Gasteiger partial charge in [0.15, 0.2) is 0 Å². The highest BCUT2D eigenvalue weighted by molar-refractivity contribution is 5.97. The zero-order chi connectivity index (χ0) is 8.53. The lowest BCUT2D eigenvalue weighted by Gasteiger charge is -2.11. The molecule has 0 spiro atoms. The Labute approximate surface area is 72.8 Å². The Morgan fingerprint density at radius 1 is 1.36 bits per heavy atom. The molecule has 0 amide bonds. The van der Waals surface area contributed by atoms with Gasteiger partial charge >= 0.3 is 0 Å². The molecule has 0 bridgehead atoms. The molecule has 1 unspecified atom stereocenters. The lowest BCUT2D eigenvalue weighted by Crippen LogP contribution is -2.12. The minimum Gasteiger partial charge on any atom is -0.426 e. The van der Waals surface area contributed by atoms with E-state index >= 15 is 0 Å². The highest BCUT2D eigenvalue weighted by atomic mass is 28.2. The standard InChI is InChI=1S/C8H20O2Si/c1-3-4-5-8(2)9-6-7-10-11/h8H,3-7H2,1-2,11H3. The lowest BCUT2D eigenvalue weighted by molar-refractivity contribution is 0.0403. The Kier molecular flexibility index (Phi) is 8.34. The molecule has 0 fully saturated rings. The zero-order valence-electron chi connectivity index (χ0n) is 7.93. The van der Waals surface area contributed by atoms with Crippen LogP contribution in [0.3, 0.4) is 0 Å². The van der Waals surface area contributed by atoms with Gasteiger partial charge in [0.1, 0.15) is 10.5 Å². The van der Waals surface area contributed by atoms with Crippen LogP contribution in [0.5, 0.6) is 0 Å². The van der Waals surface area contributed by atoms with Gasteiger partial charge in [-0.25, -0.2) is 0 Å². The van der Waals surface area contributed by atoms with Gasteiger partial charge in [-0.3, -0.25) is 0 Å². The second-order valence-corrected chi connectivity index (χ2v) is 3.39. The van der Waals surface area contributed by atoms with Crippen molar-refractivity contribution in [2.75, 3.05) is 13.2 Å². The van der Waals surface area contributed by atoms with Crippen molar-refractivity contribution < 1.29 is 9.16 Å². The summed E-state index contributed by atoms with van der Waals surface area (Å²) in [5, 5.41) is 0. The van der Waals surface area contributed by atoms with E-state index in [2.05, 4.69) is 13.8 Å². The van der Waals surface area contributed by atoms with Crippen LogP contribution in [0.15, 0.2) is 0 Å². The van der Waals surface area contributed by atoms with Crippen molar-refractivity contribution in [3.8, 4) is 0 Å².